The Morgan fingerprint density at radius 2 is 1.83 bits per heavy atom. The number of halogens is 1. The molecule has 0 bridgehead atoms. The molecule has 1 aromatic carbocycles. The molecule has 2 amide bonds. The fourth-order valence-corrected chi connectivity index (χ4v) is 3.10. The standard InChI is InChI=1S/C18H21BrN2O2S/c1-18(2,14-3-5-15(19)6-4-14)12-21-16(22)7-9-20-17(23)13-8-10-24-11-13/h3-6,8,10-11H,7,9,12H2,1-2H3,(H,20,23)(H,21,22). The quantitative estimate of drug-likeness (QED) is 0.732. The molecule has 0 atom stereocenters. The summed E-state index contributed by atoms with van der Waals surface area (Å²) in [6, 6.07) is 9.87. The lowest BCUT2D eigenvalue weighted by Crippen LogP contribution is -2.38. The Morgan fingerprint density at radius 1 is 1.12 bits per heavy atom. The number of carbonyl (C=O) groups excluding carboxylic acids is 2. The van der Waals surface area contributed by atoms with Crippen LogP contribution in [0.15, 0.2) is 45.6 Å². The van der Waals surface area contributed by atoms with E-state index in [4.69, 9.17) is 0 Å². The normalized spacial score (nSPS) is 11.1. The lowest BCUT2D eigenvalue weighted by Gasteiger charge is -2.25. The predicted molar refractivity (Wildman–Crippen MR) is 101 cm³/mol. The van der Waals surface area contributed by atoms with E-state index in [-0.39, 0.29) is 23.7 Å². The first-order valence-electron chi connectivity index (χ1n) is 7.71. The molecule has 4 nitrogen and oxygen atoms in total. The summed E-state index contributed by atoms with van der Waals surface area (Å²) in [5.41, 5.74) is 1.64. The number of hydrogen-bond donors (Lipinski definition) is 2. The zero-order valence-electron chi connectivity index (χ0n) is 13.8. The average molecular weight is 409 g/mol. The summed E-state index contributed by atoms with van der Waals surface area (Å²) < 4.78 is 1.03. The third-order valence-electron chi connectivity index (χ3n) is 3.77. The van der Waals surface area contributed by atoms with Gasteiger partial charge in [-0.15, -0.1) is 0 Å². The summed E-state index contributed by atoms with van der Waals surface area (Å²) in [4.78, 5) is 23.8. The van der Waals surface area contributed by atoms with Gasteiger partial charge in [-0.25, -0.2) is 0 Å². The van der Waals surface area contributed by atoms with Crippen LogP contribution in [-0.2, 0) is 10.2 Å². The Hall–Kier alpha value is -1.66. The fourth-order valence-electron chi connectivity index (χ4n) is 2.20. The van der Waals surface area contributed by atoms with Gasteiger partial charge in [-0.3, -0.25) is 9.59 Å². The van der Waals surface area contributed by atoms with Crippen molar-refractivity contribution in [2.75, 3.05) is 13.1 Å². The van der Waals surface area contributed by atoms with Gasteiger partial charge in [0, 0.05) is 40.3 Å². The van der Waals surface area contributed by atoms with Crippen molar-refractivity contribution in [3.8, 4) is 0 Å². The summed E-state index contributed by atoms with van der Waals surface area (Å²) in [6.45, 7) is 5.06. The first kappa shape index (κ1) is 18.7. The zero-order chi connectivity index (χ0) is 17.6. The highest BCUT2D eigenvalue weighted by atomic mass is 79.9. The minimum Gasteiger partial charge on any atom is -0.355 e. The van der Waals surface area contributed by atoms with E-state index in [0.717, 1.165) is 10.0 Å². The minimum atomic E-state index is -0.156. The molecule has 128 valence electrons. The van der Waals surface area contributed by atoms with Gasteiger partial charge in [0.2, 0.25) is 5.91 Å². The van der Waals surface area contributed by atoms with E-state index < -0.39 is 0 Å². The number of rotatable bonds is 7. The van der Waals surface area contributed by atoms with Crippen LogP contribution < -0.4 is 10.6 Å². The zero-order valence-corrected chi connectivity index (χ0v) is 16.2. The number of nitrogens with one attached hydrogen (secondary N) is 2. The van der Waals surface area contributed by atoms with Crippen LogP contribution in [0.4, 0.5) is 0 Å². The van der Waals surface area contributed by atoms with E-state index >= 15 is 0 Å². The van der Waals surface area contributed by atoms with E-state index in [1.807, 2.05) is 17.5 Å². The molecule has 2 rings (SSSR count). The summed E-state index contributed by atoms with van der Waals surface area (Å²) >= 11 is 4.90. The molecule has 0 radical (unpaired) electrons. The van der Waals surface area contributed by atoms with Crippen molar-refractivity contribution in [3.63, 3.8) is 0 Å². The van der Waals surface area contributed by atoms with Gasteiger partial charge in [-0.05, 0) is 29.1 Å². The van der Waals surface area contributed by atoms with Crippen molar-refractivity contribution >= 4 is 39.1 Å². The van der Waals surface area contributed by atoms with Gasteiger partial charge in [0.25, 0.3) is 5.91 Å². The maximum atomic E-state index is 12.0. The van der Waals surface area contributed by atoms with E-state index in [2.05, 4.69) is 52.5 Å². The van der Waals surface area contributed by atoms with Gasteiger partial charge < -0.3 is 10.6 Å². The van der Waals surface area contributed by atoms with Gasteiger partial charge >= 0.3 is 0 Å². The van der Waals surface area contributed by atoms with Gasteiger partial charge in [0.1, 0.15) is 0 Å². The number of thiophene rings is 1. The Kier molecular flexibility index (Phi) is 6.57. The fraction of sp³-hybridized carbons (Fsp3) is 0.333. The van der Waals surface area contributed by atoms with Crippen molar-refractivity contribution in [3.05, 3.63) is 56.7 Å². The van der Waals surface area contributed by atoms with E-state index in [9.17, 15) is 9.59 Å². The first-order chi connectivity index (χ1) is 11.4. The van der Waals surface area contributed by atoms with Gasteiger partial charge in [0.15, 0.2) is 0 Å². The molecule has 6 heteroatoms. The third kappa shape index (κ3) is 5.46. The van der Waals surface area contributed by atoms with Crippen LogP contribution in [0.5, 0.6) is 0 Å². The molecule has 2 aromatic rings. The van der Waals surface area contributed by atoms with Crippen LogP contribution >= 0.6 is 27.3 Å². The van der Waals surface area contributed by atoms with Crippen molar-refractivity contribution in [1.82, 2.24) is 10.6 Å². The molecule has 0 aliphatic carbocycles. The van der Waals surface area contributed by atoms with Gasteiger partial charge in [-0.2, -0.15) is 11.3 Å². The van der Waals surface area contributed by atoms with E-state index in [0.29, 0.717) is 18.7 Å². The SMILES string of the molecule is CC(C)(CNC(=O)CCNC(=O)c1ccsc1)c1ccc(Br)cc1. The first-order valence-corrected chi connectivity index (χ1v) is 9.45. The van der Waals surface area contributed by atoms with Crippen molar-refractivity contribution < 1.29 is 9.59 Å². The van der Waals surface area contributed by atoms with Crippen LogP contribution in [-0.4, -0.2) is 24.9 Å². The van der Waals surface area contributed by atoms with Crippen LogP contribution in [0.25, 0.3) is 0 Å². The highest BCUT2D eigenvalue weighted by Gasteiger charge is 2.21. The lowest BCUT2D eigenvalue weighted by molar-refractivity contribution is -0.121. The topological polar surface area (TPSA) is 58.2 Å². The van der Waals surface area contributed by atoms with Gasteiger partial charge in [-0.1, -0.05) is 41.9 Å². The Labute approximate surface area is 154 Å². The Balaban J connectivity index is 1.74. The number of carbonyl (C=O) groups is 2. The number of benzene rings is 1. The average Bonchev–Trinajstić information content (AvgIpc) is 3.08. The molecule has 1 heterocycles. The molecular weight excluding hydrogens is 388 g/mol. The predicted octanol–water partition coefficient (Wildman–Crippen LogP) is 3.72. The summed E-state index contributed by atoms with van der Waals surface area (Å²) in [5.74, 6) is -0.204. The molecule has 0 saturated carbocycles. The molecule has 1 aromatic heterocycles. The molecule has 2 N–H and O–H groups in total. The van der Waals surface area contributed by atoms with Crippen LogP contribution in [0, 0.1) is 0 Å². The smallest absolute Gasteiger partial charge is 0.252 e. The molecular formula is C18H21BrN2O2S. The van der Waals surface area contributed by atoms with Crippen molar-refractivity contribution in [2.45, 2.75) is 25.7 Å². The molecule has 0 unspecified atom stereocenters. The van der Waals surface area contributed by atoms with Crippen LogP contribution in [0.1, 0.15) is 36.2 Å². The summed E-state index contributed by atoms with van der Waals surface area (Å²) in [5, 5.41) is 9.34. The van der Waals surface area contributed by atoms with Crippen molar-refractivity contribution in [1.29, 1.82) is 0 Å². The molecule has 0 spiro atoms. The van der Waals surface area contributed by atoms with Gasteiger partial charge in [0.05, 0.1) is 0 Å². The maximum absolute atomic E-state index is 12.0. The molecule has 0 fully saturated rings. The van der Waals surface area contributed by atoms with Crippen molar-refractivity contribution in [2.24, 2.45) is 0 Å². The van der Waals surface area contributed by atoms with E-state index in [1.54, 1.807) is 11.4 Å². The maximum Gasteiger partial charge on any atom is 0.252 e. The van der Waals surface area contributed by atoms with E-state index in [1.165, 1.54) is 11.3 Å². The lowest BCUT2D eigenvalue weighted by atomic mass is 9.84. The second-order valence-corrected chi connectivity index (χ2v) is 7.88. The molecule has 0 aliphatic heterocycles. The second-order valence-electron chi connectivity index (χ2n) is 6.19. The summed E-state index contributed by atoms with van der Waals surface area (Å²) in [7, 11) is 0. The Bertz CT molecular complexity index is 682. The molecule has 0 aliphatic rings. The third-order valence-corrected chi connectivity index (χ3v) is 4.99. The monoisotopic (exact) mass is 408 g/mol. The van der Waals surface area contributed by atoms with Crippen LogP contribution in [0.2, 0.25) is 0 Å². The Morgan fingerprint density at radius 3 is 2.46 bits per heavy atom. The molecule has 24 heavy (non-hydrogen) atoms. The minimum absolute atomic E-state index is 0.0641. The highest BCUT2D eigenvalue weighted by molar-refractivity contribution is 9.10. The number of hydrogen-bond acceptors (Lipinski definition) is 3. The summed E-state index contributed by atoms with van der Waals surface area (Å²) in [6.07, 6.45) is 0.270. The highest BCUT2D eigenvalue weighted by Crippen LogP contribution is 2.24. The van der Waals surface area contributed by atoms with Crippen LogP contribution in [0.3, 0.4) is 0 Å². The largest absolute Gasteiger partial charge is 0.355 e. The number of amides is 2. The second kappa shape index (κ2) is 8.44. The molecule has 0 saturated heterocycles.